The first kappa shape index (κ1) is 26.4. The van der Waals surface area contributed by atoms with E-state index >= 15 is 0 Å². The van der Waals surface area contributed by atoms with Crippen LogP contribution < -0.4 is 10.6 Å². The van der Waals surface area contributed by atoms with Crippen LogP contribution in [0.1, 0.15) is 6.23 Å². The van der Waals surface area contributed by atoms with Crippen LogP contribution >= 0.6 is 0 Å². The smallest absolute Gasteiger partial charge is 0.351 e. The molecule has 1 aliphatic heterocycles. The Balaban J connectivity index is 2.52. The minimum absolute atomic E-state index is 0.235. The summed E-state index contributed by atoms with van der Waals surface area (Å²) in [6, 6.07) is 1.81. The van der Waals surface area contributed by atoms with Crippen LogP contribution in [0.5, 0.6) is 0 Å². The van der Waals surface area contributed by atoms with Gasteiger partial charge < -0.3 is 22.9 Å². The van der Waals surface area contributed by atoms with Gasteiger partial charge in [0.2, 0.25) is 0 Å². The maximum atomic E-state index is 12.9. The summed E-state index contributed by atoms with van der Waals surface area (Å²) in [5, 5.41) is 0. The molecule has 1 aliphatic rings. The van der Waals surface area contributed by atoms with Gasteiger partial charge in [0.1, 0.15) is 18.0 Å². The average Bonchev–Trinajstić information content (AvgIpc) is 2.54. The van der Waals surface area contributed by atoms with Crippen LogP contribution in [-0.2, 0) is 18.0 Å². The highest BCUT2D eigenvalue weighted by Crippen LogP contribution is 2.34. The number of aromatic nitrogens is 2. The molecule has 0 aliphatic carbocycles. The molecule has 31 heavy (non-hydrogen) atoms. The number of hydrogen-bond donors (Lipinski definition) is 0. The highest BCUT2D eigenvalue weighted by Gasteiger charge is 2.48. The van der Waals surface area contributed by atoms with Crippen LogP contribution in [0.15, 0.2) is 17.1 Å². The van der Waals surface area contributed by atoms with E-state index in [4.69, 9.17) is 18.0 Å². The van der Waals surface area contributed by atoms with Crippen LogP contribution in [0.2, 0.25) is 58.9 Å². The molecule has 1 saturated heterocycles. The monoisotopic (exact) mass is 487 g/mol. The number of nitrogens with zero attached hydrogens (tertiary/aromatic N) is 3. The molecule has 0 amide bonds. The zero-order valence-corrected chi connectivity index (χ0v) is 24.1. The Morgan fingerprint density at radius 2 is 1.45 bits per heavy atom. The molecular formula is C20H41N3O5Si3. The fraction of sp³-hybridized carbons (Fsp3) is 0.800. The van der Waals surface area contributed by atoms with E-state index in [0.717, 1.165) is 0 Å². The second-order valence-electron chi connectivity index (χ2n) is 11.3. The number of hydrogen-bond acceptors (Lipinski definition) is 7. The number of anilines is 1. The van der Waals surface area contributed by atoms with Gasteiger partial charge in [-0.15, -0.1) is 0 Å². The van der Waals surface area contributed by atoms with Crippen LogP contribution in [0.25, 0.3) is 0 Å². The largest absolute Gasteiger partial charge is 0.410 e. The molecule has 0 spiro atoms. The molecule has 1 aromatic heterocycles. The van der Waals surface area contributed by atoms with Gasteiger partial charge in [0.05, 0.1) is 12.7 Å². The highest BCUT2D eigenvalue weighted by molar-refractivity contribution is 6.70. The molecule has 8 nitrogen and oxygen atoms in total. The summed E-state index contributed by atoms with van der Waals surface area (Å²) in [4.78, 5) is 18.9. The van der Waals surface area contributed by atoms with E-state index in [-0.39, 0.29) is 17.9 Å². The van der Waals surface area contributed by atoms with Crippen molar-refractivity contribution in [2.75, 3.05) is 25.6 Å². The summed E-state index contributed by atoms with van der Waals surface area (Å²) < 4.78 is 27.5. The van der Waals surface area contributed by atoms with Crippen molar-refractivity contribution in [3.63, 3.8) is 0 Å². The molecule has 178 valence electrons. The van der Waals surface area contributed by atoms with Gasteiger partial charge in [0.15, 0.2) is 31.2 Å². The first-order valence-corrected chi connectivity index (χ1v) is 21.1. The van der Waals surface area contributed by atoms with Crippen LogP contribution in [-0.4, -0.2) is 73.5 Å². The minimum Gasteiger partial charge on any atom is -0.410 e. The van der Waals surface area contributed by atoms with E-state index in [0.29, 0.717) is 12.4 Å². The van der Waals surface area contributed by atoms with Crippen molar-refractivity contribution < 1.29 is 18.0 Å². The van der Waals surface area contributed by atoms with E-state index in [1.54, 1.807) is 11.1 Å². The van der Waals surface area contributed by atoms with Gasteiger partial charge in [-0.2, -0.15) is 4.98 Å². The fourth-order valence-electron chi connectivity index (χ4n) is 3.48. The van der Waals surface area contributed by atoms with E-state index < -0.39 is 37.3 Å². The zero-order chi connectivity index (χ0) is 23.8. The fourth-order valence-corrected chi connectivity index (χ4v) is 6.76. The molecule has 0 radical (unpaired) electrons. The SMILES string of the molecule is CN(C)c1ccn([C@H]2OC[C@@H](O[Si](C)(C)C)C(O[Si](C)(C)C)C2O[Si](C)(C)C)c(=O)n1. The van der Waals surface area contributed by atoms with Gasteiger partial charge in [0, 0.05) is 20.3 Å². The van der Waals surface area contributed by atoms with E-state index in [1.165, 1.54) is 4.57 Å². The molecule has 1 aromatic rings. The van der Waals surface area contributed by atoms with E-state index in [9.17, 15) is 4.79 Å². The van der Waals surface area contributed by atoms with Gasteiger partial charge in [-0.25, -0.2) is 4.79 Å². The van der Waals surface area contributed by atoms with Gasteiger partial charge >= 0.3 is 5.69 Å². The van der Waals surface area contributed by atoms with Crippen molar-refractivity contribution in [1.29, 1.82) is 0 Å². The second kappa shape index (κ2) is 9.57. The lowest BCUT2D eigenvalue weighted by atomic mass is 10.0. The Morgan fingerprint density at radius 1 is 0.935 bits per heavy atom. The van der Waals surface area contributed by atoms with Gasteiger partial charge in [-0.05, 0) is 65.0 Å². The van der Waals surface area contributed by atoms with Crippen LogP contribution in [0, 0.1) is 0 Å². The molecule has 1 fully saturated rings. The Morgan fingerprint density at radius 3 is 1.90 bits per heavy atom. The Kier molecular flexibility index (Phi) is 8.16. The third kappa shape index (κ3) is 7.91. The molecule has 11 heteroatoms. The summed E-state index contributed by atoms with van der Waals surface area (Å²) in [5.41, 5.74) is -0.364. The maximum Gasteiger partial charge on any atom is 0.351 e. The lowest BCUT2D eigenvalue weighted by molar-refractivity contribution is -0.196. The van der Waals surface area contributed by atoms with Gasteiger partial charge in [0.25, 0.3) is 0 Å². The predicted octanol–water partition coefficient (Wildman–Crippen LogP) is 3.50. The average molecular weight is 488 g/mol. The molecule has 4 atom stereocenters. The third-order valence-corrected chi connectivity index (χ3v) is 7.40. The summed E-state index contributed by atoms with van der Waals surface area (Å²) in [7, 11) is -2.09. The van der Waals surface area contributed by atoms with Crippen molar-refractivity contribution in [3.05, 3.63) is 22.7 Å². The quantitative estimate of drug-likeness (QED) is 0.520. The van der Waals surface area contributed by atoms with Gasteiger partial charge in [-0.1, -0.05) is 0 Å². The topological polar surface area (TPSA) is 75.1 Å². The minimum atomic E-state index is -2.00. The van der Waals surface area contributed by atoms with Crippen molar-refractivity contribution in [2.45, 2.75) is 83.5 Å². The normalized spacial score (nSPS) is 25.5. The van der Waals surface area contributed by atoms with E-state index in [2.05, 4.69) is 63.9 Å². The summed E-state index contributed by atoms with van der Waals surface area (Å²) >= 11 is 0. The molecule has 2 rings (SSSR count). The number of ether oxygens (including phenoxy) is 1. The molecular weight excluding hydrogens is 446 g/mol. The first-order valence-electron chi connectivity index (χ1n) is 10.9. The van der Waals surface area contributed by atoms with Crippen LogP contribution in [0.3, 0.4) is 0 Å². The zero-order valence-electron chi connectivity index (χ0n) is 21.1. The summed E-state index contributed by atoms with van der Waals surface area (Å²) in [5.74, 6) is 0.606. The number of rotatable bonds is 8. The Bertz CT molecular complexity index is 799. The van der Waals surface area contributed by atoms with Crippen molar-refractivity contribution in [2.24, 2.45) is 0 Å². The lowest BCUT2D eigenvalue weighted by Crippen LogP contribution is -2.61. The molecule has 2 unspecified atom stereocenters. The van der Waals surface area contributed by atoms with Crippen molar-refractivity contribution in [1.82, 2.24) is 9.55 Å². The molecule has 2 heterocycles. The lowest BCUT2D eigenvalue weighted by Gasteiger charge is -2.48. The molecule has 0 N–H and O–H groups in total. The molecule has 0 saturated carbocycles. The summed E-state index contributed by atoms with van der Waals surface area (Å²) in [6.45, 7) is 19.7. The Hall–Kier alpha value is -0.829. The standard InChI is InChI=1S/C20H41N3O5Si3/c1-22(2)16-12-13-23(20(24)21-16)19-18(28-31(9,10)11)17(27-30(6,7)8)15(14-25-19)26-29(3,4)5/h12-13,15,17-19H,14H2,1-11H3/t15-,17?,18?,19+/m1/s1. The maximum absolute atomic E-state index is 12.9. The van der Waals surface area contributed by atoms with Crippen LogP contribution in [0.4, 0.5) is 5.82 Å². The Labute approximate surface area is 190 Å². The molecule has 0 aromatic carbocycles. The summed E-state index contributed by atoms with van der Waals surface area (Å²) in [6.07, 6.45) is 0.107. The highest BCUT2D eigenvalue weighted by atomic mass is 28.4. The predicted molar refractivity (Wildman–Crippen MR) is 132 cm³/mol. The van der Waals surface area contributed by atoms with Crippen molar-refractivity contribution >= 4 is 30.8 Å². The molecule has 0 bridgehead atoms. The van der Waals surface area contributed by atoms with Crippen molar-refractivity contribution in [3.8, 4) is 0 Å². The second-order valence-corrected chi connectivity index (χ2v) is 24.6. The third-order valence-electron chi connectivity index (χ3n) is 4.43. The van der Waals surface area contributed by atoms with Gasteiger partial charge in [-0.3, -0.25) is 4.57 Å². The van der Waals surface area contributed by atoms with E-state index in [1.807, 2.05) is 20.2 Å². The first-order chi connectivity index (χ1) is 14.0.